The lowest BCUT2D eigenvalue weighted by Crippen LogP contribution is -2.45. The summed E-state index contributed by atoms with van der Waals surface area (Å²) in [4.78, 5) is 19.3. The molecule has 1 fully saturated rings. The second-order valence-corrected chi connectivity index (χ2v) is 6.46. The molecule has 1 saturated heterocycles. The molecule has 118 valence electrons. The zero-order chi connectivity index (χ0) is 15.7. The summed E-state index contributed by atoms with van der Waals surface area (Å²) >= 11 is 0. The van der Waals surface area contributed by atoms with Crippen molar-refractivity contribution < 1.29 is 0 Å². The summed E-state index contributed by atoms with van der Waals surface area (Å²) in [6, 6.07) is 5.90. The molecule has 2 atom stereocenters. The van der Waals surface area contributed by atoms with Crippen LogP contribution in [0.15, 0.2) is 29.2 Å². The fourth-order valence-corrected chi connectivity index (χ4v) is 3.35. The Morgan fingerprint density at radius 1 is 1.45 bits per heavy atom. The maximum absolute atomic E-state index is 12.3. The van der Waals surface area contributed by atoms with Crippen LogP contribution in [-0.4, -0.2) is 33.4 Å². The van der Waals surface area contributed by atoms with Crippen LogP contribution in [0, 0.1) is 12.8 Å². The summed E-state index contributed by atoms with van der Waals surface area (Å²) in [6.07, 6.45) is 4.08. The van der Waals surface area contributed by atoms with Crippen LogP contribution in [0.1, 0.15) is 31.0 Å². The third kappa shape index (κ3) is 2.91. The molecule has 0 saturated carbocycles. The molecular formula is C17H24N4O. The fourth-order valence-electron chi connectivity index (χ4n) is 3.35. The van der Waals surface area contributed by atoms with Crippen LogP contribution < -0.4 is 11.3 Å². The molecule has 0 spiro atoms. The van der Waals surface area contributed by atoms with Gasteiger partial charge in [-0.1, -0.05) is 13.0 Å². The van der Waals surface area contributed by atoms with Crippen LogP contribution in [0.3, 0.4) is 0 Å². The summed E-state index contributed by atoms with van der Waals surface area (Å²) in [5.41, 5.74) is 8.52. The number of piperidine rings is 1. The lowest BCUT2D eigenvalue weighted by atomic mass is 9.92. The van der Waals surface area contributed by atoms with Gasteiger partial charge in [0.25, 0.3) is 5.56 Å². The van der Waals surface area contributed by atoms with Gasteiger partial charge in [-0.2, -0.15) is 0 Å². The van der Waals surface area contributed by atoms with E-state index in [0.29, 0.717) is 19.1 Å². The van der Waals surface area contributed by atoms with Gasteiger partial charge in [0, 0.05) is 31.4 Å². The molecule has 3 rings (SSSR count). The Labute approximate surface area is 130 Å². The number of hydrogen-bond acceptors (Lipinski definition) is 4. The third-order valence-corrected chi connectivity index (χ3v) is 4.68. The molecule has 0 bridgehead atoms. The Balaban J connectivity index is 1.91. The van der Waals surface area contributed by atoms with Gasteiger partial charge in [-0.25, -0.2) is 4.98 Å². The van der Waals surface area contributed by atoms with Crippen LogP contribution in [0.4, 0.5) is 0 Å². The maximum atomic E-state index is 12.3. The number of nitrogens with two attached hydrogens (primary N) is 1. The Morgan fingerprint density at radius 3 is 3.05 bits per heavy atom. The van der Waals surface area contributed by atoms with Gasteiger partial charge in [0.1, 0.15) is 5.65 Å². The highest BCUT2D eigenvalue weighted by Crippen LogP contribution is 2.23. The van der Waals surface area contributed by atoms with Gasteiger partial charge >= 0.3 is 0 Å². The first-order chi connectivity index (χ1) is 10.6. The van der Waals surface area contributed by atoms with Gasteiger partial charge in [0.15, 0.2) is 0 Å². The van der Waals surface area contributed by atoms with Crippen molar-refractivity contribution in [1.82, 2.24) is 14.3 Å². The zero-order valence-corrected chi connectivity index (χ0v) is 13.3. The summed E-state index contributed by atoms with van der Waals surface area (Å²) in [7, 11) is 0. The maximum Gasteiger partial charge on any atom is 0.258 e. The lowest BCUT2D eigenvalue weighted by molar-refractivity contribution is 0.114. The minimum absolute atomic E-state index is 0.0154. The normalized spacial score (nSPS) is 23.0. The smallest absolute Gasteiger partial charge is 0.258 e. The molecule has 2 aromatic heterocycles. The molecule has 3 heterocycles. The van der Waals surface area contributed by atoms with Crippen molar-refractivity contribution in [2.45, 2.75) is 39.3 Å². The summed E-state index contributed by atoms with van der Waals surface area (Å²) in [5.74, 6) is 0.724. The number of pyridine rings is 1. The first kappa shape index (κ1) is 15.2. The van der Waals surface area contributed by atoms with Gasteiger partial charge in [0.2, 0.25) is 0 Å². The molecule has 2 N–H and O–H groups in total. The molecule has 2 unspecified atom stereocenters. The predicted octanol–water partition coefficient (Wildman–Crippen LogP) is 1.56. The second-order valence-electron chi connectivity index (χ2n) is 6.46. The number of aryl methyl sites for hydroxylation is 1. The second kappa shape index (κ2) is 6.18. The van der Waals surface area contributed by atoms with Crippen molar-refractivity contribution in [2.24, 2.45) is 11.7 Å². The SMILES string of the molecule is Cc1cccn2c(=O)cc(CN3CCC(C)CC3CN)nc12. The van der Waals surface area contributed by atoms with E-state index in [2.05, 4.69) is 11.8 Å². The van der Waals surface area contributed by atoms with Crippen molar-refractivity contribution in [3.8, 4) is 0 Å². The Morgan fingerprint density at radius 2 is 2.27 bits per heavy atom. The number of nitrogens with zero attached hydrogens (tertiary/aromatic N) is 3. The van der Waals surface area contributed by atoms with E-state index < -0.39 is 0 Å². The number of aromatic nitrogens is 2. The largest absolute Gasteiger partial charge is 0.329 e. The molecule has 0 radical (unpaired) electrons. The number of fused-ring (bicyclic) bond motifs is 1. The van der Waals surface area contributed by atoms with E-state index in [1.165, 1.54) is 6.42 Å². The van der Waals surface area contributed by atoms with E-state index >= 15 is 0 Å². The molecule has 5 nitrogen and oxygen atoms in total. The monoisotopic (exact) mass is 300 g/mol. The highest BCUT2D eigenvalue weighted by Gasteiger charge is 2.25. The summed E-state index contributed by atoms with van der Waals surface area (Å²) in [5, 5.41) is 0. The Kier molecular flexibility index (Phi) is 4.27. The van der Waals surface area contributed by atoms with Crippen molar-refractivity contribution in [1.29, 1.82) is 0 Å². The van der Waals surface area contributed by atoms with E-state index in [1.807, 2.05) is 19.1 Å². The molecule has 5 heteroatoms. The standard InChI is InChI=1S/C17H24N4O/c1-12-5-7-20(15(8-12)10-18)11-14-9-16(22)21-6-3-4-13(2)17(21)19-14/h3-4,6,9,12,15H,5,7-8,10-11,18H2,1-2H3. The number of hydrogen-bond donors (Lipinski definition) is 1. The van der Waals surface area contributed by atoms with E-state index in [0.717, 1.165) is 35.8 Å². The van der Waals surface area contributed by atoms with E-state index in [1.54, 1.807) is 16.7 Å². The predicted molar refractivity (Wildman–Crippen MR) is 87.8 cm³/mol. The minimum Gasteiger partial charge on any atom is -0.329 e. The zero-order valence-electron chi connectivity index (χ0n) is 13.3. The van der Waals surface area contributed by atoms with E-state index in [4.69, 9.17) is 10.7 Å². The highest BCUT2D eigenvalue weighted by atomic mass is 16.1. The molecule has 0 aromatic carbocycles. The first-order valence-corrected chi connectivity index (χ1v) is 8.00. The average Bonchev–Trinajstić information content (AvgIpc) is 2.50. The van der Waals surface area contributed by atoms with E-state index in [-0.39, 0.29) is 5.56 Å². The van der Waals surface area contributed by atoms with Gasteiger partial charge < -0.3 is 5.73 Å². The fraction of sp³-hybridized carbons (Fsp3) is 0.529. The van der Waals surface area contributed by atoms with Crippen molar-refractivity contribution in [3.05, 3.63) is 46.0 Å². The topological polar surface area (TPSA) is 63.6 Å². The quantitative estimate of drug-likeness (QED) is 0.934. The molecule has 1 aliphatic rings. The summed E-state index contributed by atoms with van der Waals surface area (Å²) < 4.78 is 1.61. The van der Waals surface area contributed by atoms with Crippen molar-refractivity contribution in [3.63, 3.8) is 0 Å². The average molecular weight is 300 g/mol. The lowest BCUT2D eigenvalue weighted by Gasteiger charge is -2.37. The van der Waals surface area contributed by atoms with Crippen LogP contribution >= 0.6 is 0 Å². The molecule has 0 amide bonds. The van der Waals surface area contributed by atoms with Gasteiger partial charge in [0.05, 0.1) is 5.69 Å². The van der Waals surface area contributed by atoms with Crippen LogP contribution in [0.2, 0.25) is 0 Å². The van der Waals surface area contributed by atoms with Crippen molar-refractivity contribution >= 4 is 5.65 Å². The Hall–Kier alpha value is -1.72. The van der Waals surface area contributed by atoms with Crippen LogP contribution in [-0.2, 0) is 6.54 Å². The van der Waals surface area contributed by atoms with Crippen LogP contribution in [0.25, 0.3) is 5.65 Å². The molecule has 0 aliphatic carbocycles. The highest BCUT2D eigenvalue weighted by molar-refractivity contribution is 5.46. The van der Waals surface area contributed by atoms with E-state index in [9.17, 15) is 4.79 Å². The Bertz CT molecular complexity index is 724. The number of likely N-dealkylation sites (tertiary alicyclic amines) is 1. The summed E-state index contributed by atoms with van der Waals surface area (Å²) in [6.45, 7) is 6.66. The molecule has 1 aliphatic heterocycles. The van der Waals surface area contributed by atoms with Gasteiger partial charge in [-0.05, 0) is 43.9 Å². The van der Waals surface area contributed by atoms with Crippen molar-refractivity contribution in [2.75, 3.05) is 13.1 Å². The van der Waals surface area contributed by atoms with Gasteiger partial charge in [-0.15, -0.1) is 0 Å². The molecule has 2 aromatic rings. The molecule has 22 heavy (non-hydrogen) atoms. The third-order valence-electron chi connectivity index (χ3n) is 4.68. The molecular weight excluding hydrogens is 276 g/mol. The van der Waals surface area contributed by atoms with Crippen LogP contribution in [0.5, 0.6) is 0 Å². The number of rotatable bonds is 3. The van der Waals surface area contributed by atoms with Gasteiger partial charge in [-0.3, -0.25) is 14.1 Å². The minimum atomic E-state index is -0.0154. The first-order valence-electron chi connectivity index (χ1n) is 8.00.